The van der Waals surface area contributed by atoms with Crippen LogP contribution in [-0.4, -0.2) is 23.7 Å². The summed E-state index contributed by atoms with van der Waals surface area (Å²) in [6.07, 6.45) is 8.81. The summed E-state index contributed by atoms with van der Waals surface area (Å²) >= 11 is 0. The standard InChI is InChI=1S/C19H36O4/c1-5-6-7-10-13-23-18(22)14-16(2)15-19(3,4)12-9-8-11-17(20)21/h16H,5-15H2,1-4H3,(H,20,21). The molecule has 23 heavy (non-hydrogen) atoms. The summed E-state index contributed by atoms with van der Waals surface area (Å²) in [4.78, 5) is 22.3. The number of unbranched alkanes of at least 4 members (excludes halogenated alkanes) is 4. The van der Waals surface area contributed by atoms with E-state index in [0.29, 0.717) is 18.9 Å². The van der Waals surface area contributed by atoms with E-state index >= 15 is 0 Å². The Kier molecular flexibility index (Phi) is 11.8. The molecule has 0 fully saturated rings. The quantitative estimate of drug-likeness (QED) is 0.352. The zero-order chi connectivity index (χ0) is 17.7. The Bertz CT molecular complexity index is 336. The van der Waals surface area contributed by atoms with Gasteiger partial charge in [-0.05, 0) is 37.0 Å². The van der Waals surface area contributed by atoms with E-state index in [1.54, 1.807) is 0 Å². The number of carboxylic acid groups (broad SMARTS) is 1. The van der Waals surface area contributed by atoms with Gasteiger partial charge in [0.15, 0.2) is 0 Å². The fourth-order valence-corrected chi connectivity index (χ4v) is 3.06. The number of carbonyl (C=O) groups is 2. The van der Waals surface area contributed by atoms with Crippen molar-refractivity contribution < 1.29 is 19.4 Å². The summed E-state index contributed by atoms with van der Waals surface area (Å²) < 4.78 is 5.29. The predicted molar refractivity (Wildman–Crippen MR) is 93.4 cm³/mol. The van der Waals surface area contributed by atoms with Crippen molar-refractivity contribution >= 4 is 11.9 Å². The molecule has 0 saturated heterocycles. The lowest BCUT2D eigenvalue weighted by Gasteiger charge is -2.27. The van der Waals surface area contributed by atoms with E-state index in [2.05, 4.69) is 27.7 Å². The van der Waals surface area contributed by atoms with Gasteiger partial charge in [-0.1, -0.05) is 53.4 Å². The van der Waals surface area contributed by atoms with E-state index in [1.165, 1.54) is 12.8 Å². The van der Waals surface area contributed by atoms with Crippen molar-refractivity contribution in [1.29, 1.82) is 0 Å². The lowest BCUT2D eigenvalue weighted by atomic mass is 9.78. The molecule has 136 valence electrons. The second-order valence-electron chi connectivity index (χ2n) is 7.56. The molecule has 0 amide bonds. The van der Waals surface area contributed by atoms with Gasteiger partial charge in [0.25, 0.3) is 0 Å². The fraction of sp³-hybridized carbons (Fsp3) is 0.895. The Balaban J connectivity index is 3.85. The number of esters is 1. The second-order valence-corrected chi connectivity index (χ2v) is 7.56. The number of carboxylic acids is 1. The third-order valence-electron chi connectivity index (χ3n) is 4.17. The van der Waals surface area contributed by atoms with Crippen LogP contribution >= 0.6 is 0 Å². The summed E-state index contributed by atoms with van der Waals surface area (Å²) in [6, 6.07) is 0. The molecule has 4 heteroatoms. The molecule has 0 saturated carbocycles. The number of rotatable bonds is 14. The first kappa shape index (κ1) is 21.9. The summed E-state index contributed by atoms with van der Waals surface area (Å²) in [5.41, 5.74) is 0.138. The van der Waals surface area contributed by atoms with Crippen molar-refractivity contribution in [2.24, 2.45) is 11.3 Å². The van der Waals surface area contributed by atoms with Crippen LogP contribution in [0.5, 0.6) is 0 Å². The van der Waals surface area contributed by atoms with Gasteiger partial charge in [0.05, 0.1) is 6.61 Å². The highest BCUT2D eigenvalue weighted by atomic mass is 16.5. The molecule has 0 aromatic rings. The minimum absolute atomic E-state index is 0.0873. The first-order valence-electron chi connectivity index (χ1n) is 9.14. The maximum atomic E-state index is 11.8. The summed E-state index contributed by atoms with van der Waals surface area (Å²) in [7, 11) is 0. The minimum Gasteiger partial charge on any atom is -0.481 e. The molecule has 0 aliphatic heterocycles. The van der Waals surface area contributed by atoms with Crippen molar-refractivity contribution in [2.45, 2.75) is 91.9 Å². The van der Waals surface area contributed by atoms with Crippen LogP contribution in [0.15, 0.2) is 0 Å². The van der Waals surface area contributed by atoms with Crippen LogP contribution in [0.3, 0.4) is 0 Å². The van der Waals surface area contributed by atoms with Crippen molar-refractivity contribution in [3.05, 3.63) is 0 Å². The average molecular weight is 328 g/mol. The third-order valence-corrected chi connectivity index (χ3v) is 4.17. The number of hydrogen-bond acceptors (Lipinski definition) is 3. The Morgan fingerprint density at radius 2 is 1.78 bits per heavy atom. The van der Waals surface area contributed by atoms with Crippen LogP contribution in [0.2, 0.25) is 0 Å². The molecule has 0 aliphatic rings. The highest BCUT2D eigenvalue weighted by molar-refractivity contribution is 5.69. The highest BCUT2D eigenvalue weighted by Crippen LogP contribution is 2.32. The lowest BCUT2D eigenvalue weighted by Crippen LogP contribution is -2.19. The first-order chi connectivity index (χ1) is 10.8. The van der Waals surface area contributed by atoms with Crippen molar-refractivity contribution in [3.8, 4) is 0 Å². The molecule has 0 aromatic heterocycles. The number of aliphatic carboxylic acids is 1. The van der Waals surface area contributed by atoms with Gasteiger partial charge >= 0.3 is 11.9 Å². The van der Waals surface area contributed by atoms with E-state index < -0.39 is 5.97 Å². The van der Waals surface area contributed by atoms with Gasteiger partial charge in [-0.25, -0.2) is 0 Å². The van der Waals surface area contributed by atoms with Gasteiger partial charge in [0.1, 0.15) is 0 Å². The number of ether oxygens (including phenoxy) is 1. The van der Waals surface area contributed by atoms with E-state index in [9.17, 15) is 9.59 Å². The molecule has 4 nitrogen and oxygen atoms in total. The molecule has 0 spiro atoms. The zero-order valence-corrected chi connectivity index (χ0v) is 15.5. The summed E-state index contributed by atoms with van der Waals surface area (Å²) in [5, 5.41) is 8.65. The van der Waals surface area contributed by atoms with Crippen molar-refractivity contribution in [3.63, 3.8) is 0 Å². The van der Waals surface area contributed by atoms with Gasteiger partial charge in [-0.2, -0.15) is 0 Å². The Morgan fingerprint density at radius 3 is 2.39 bits per heavy atom. The van der Waals surface area contributed by atoms with Gasteiger partial charge in [-0.15, -0.1) is 0 Å². The molecule has 0 aromatic carbocycles. The Morgan fingerprint density at radius 1 is 1.09 bits per heavy atom. The number of carbonyl (C=O) groups excluding carboxylic acids is 1. The molecule has 0 rings (SSSR count). The van der Waals surface area contributed by atoms with E-state index in [-0.39, 0.29) is 17.8 Å². The summed E-state index contributed by atoms with van der Waals surface area (Å²) in [6.45, 7) is 9.19. The molecule has 0 bridgehead atoms. The maximum Gasteiger partial charge on any atom is 0.306 e. The molecular weight excluding hydrogens is 292 g/mol. The minimum atomic E-state index is -0.724. The van der Waals surface area contributed by atoms with Crippen LogP contribution < -0.4 is 0 Å². The topological polar surface area (TPSA) is 63.6 Å². The van der Waals surface area contributed by atoms with E-state index in [4.69, 9.17) is 9.84 Å². The first-order valence-corrected chi connectivity index (χ1v) is 9.14. The third kappa shape index (κ3) is 14.3. The van der Waals surface area contributed by atoms with Gasteiger partial charge in [-0.3, -0.25) is 9.59 Å². The molecule has 1 N–H and O–H groups in total. The Labute approximate surface area is 142 Å². The fourth-order valence-electron chi connectivity index (χ4n) is 3.06. The SMILES string of the molecule is CCCCCCOC(=O)CC(C)CC(C)(C)CCCCC(=O)O. The molecular formula is C19H36O4. The average Bonchev–Trinajstić information content (AvgIpc) is 2.42. The molecule has 1 unspecified atom stereocenters. The normalized spacial score (nSPS) is 12.9. The highest BCUT2D eigenvalue weighted by Gasteiger charge is 2.22. The van der Waals surface area contributed by atoms with Crippen LogP contribution in [0.25, 0.3) is 0 Å². The largest absolute Gasteiger partial charge is 0.481 e. The van der Waals surface area contributed by atoms with Crippen LogP contribution in [0.1, 0.15) is 91.9 Å². The van der Waals surface area contributed by atoms with Crippen molar-refractivity contribution in [2.75, 3.05) is 6.61 Å². The smallest absolute Gasteiger partial charge is 0.306 e. The lowest BCUT2D eigenvalue weighted by molar-refractivity contribution is -0.145. The van der Waals surface area contributed by atoms with Crippen LogP contribution in [0.4, 0.5) is 0 Å². The maximum absolute atomic E-state index is 11.8. The van der Waals surface area contributed by atoms with E-state index in [1.807, 2.05) is 0 Å². The number of hydrogen-bond donors (Lipinski definition) is 1. The molecule has 0 radical (unpaired) electrons. The van der Waals surface area contributed by atoms with Crippen molar-refractivity contribution in [1.82, 2.24) is 0 Å². The van der Waals surface area contributed by atoms with Crippen LogP contribution in [-0.2, 0) is 14.3 Å². The monoisotopic (exact) mass is 328 g/mol. The Hall–Kier alpha value is -1.06. The summed E-state index contributed by atoms with van der Waals surface area (Å²) in [5.74, 6) is -0.513. The van der Waals surface area contributed by atoms with Gasteiger partial charge < -0.3 is 9.84 Å². The van der Waals surface area contributed by atoms with Gasteiger partial charge in [0, 0.05) is 12.8 Å². The predicted octanol–water partition coefficient (Wildman–Crippen LogP) is 5.20. The molecule has 0 heterocycles. The van der Waals surface area contributed by atoms with Gasteiger partial charge in [0.2, 0.25) is 0 Å². The van der Waals surface area contributed by atoms with Crippen LogP contribution in [0, 0.1) is 11.3 Å². The molecule has 0 aliphatic carbocycles. The second kappa shape index (κ2) is 12.4. The van der Waals surface area contributed by atoms with E-state index in [0.717, 1.165) is 38.5 Å². The zero-order valence-electron chi connectivity index (χ0n) is 15.5. The molecule has 1 atom stereocenters.